The highest BCUT2D eigenvalue weighted by molar-refractivity contribution is 5.85. The van der Waals surface area contributed by atoms with Crippen LogP contribution in [0.5, 0.6) is 5.75 Å². The SMILES string of the molecule is Cc1ccc(NCc2ccccc2OCc2cccc3ccccc23)c(C)c1. The van der Waals surface area contributed by atoms with E-state index in [9.17, 15) is 0 Å². The summed E-state index contributed by atoms with van der Waals surface area (Å²) in [5, 5.41) is 6.03. The van der Waals surface area contributed by atoms with Crippen LogP contribution in [0.1, 0.15) is 22.3 Å². The van der Waals surface area contributed by atoms with E-state index in [2.05, 4.69) is 92.0 Å². The zero-order valence-electron chi connectivity index (χ0n) is 16.4. The van der Waals surface area contributed by atoms with Gasteiger partial charge >= 0.3 is 0 Å². The number of ether oxygens (including phenoxy) is 1. The van der Waals surface area contributed by atoms with Crippen molar-refractivity contribution in [2.24, 2.45) is 0 Å². The predicted molar refractivity (Wildman–Crippen MR) is 118 cm³/mol. The lowest BCUT2D eigenvalue weighted by Crippen LogP contribution is -2.05. The lowest BCUT2D eigenvalue weighted by atomic mass is 10.1. The average molecular weight is 367 g/mol. The number of benzene rings is 4. The summed E-state index contributed by atoms with van der Waals surface area (Å²) in [5.74, 6) is 0.924. The summed E-state index contributed by atoms with van der Waals surface area (Å²) in [6.07, 6.45) is 0. The van der Waals surface area contributed by atoms with Crippen LogP contribution in [0.2, 0.25) is 0 Å². The second-order valence-corrected chi connectivity index (χ2v) is 7.21. The molecule has 0 aromatic heterocycles. The Morgan fingerprint density at radius 1 is 0.750 bits per heavy atom. The van der Waals surface area contributed by atoms with E-state index in [1.807, 2.05) is 12.1 Å². The van der Waals surface area contributed by atoms with Crippen LogP contribution in [0.3, 0.4) is 0 Å². The van der Waals surface area contributed by atoms with Crippen molar-refractivity contribution in [2.75, 3.05) is 5.32 Å². The molecule has 0 heterocycles. The first-order valence-electron chi connectivity index (χ1n) is 9.69. The summed E-state index contributed by atoms with van der Waals surface area (Å²) in [6.45, 7) is 5.54. The van der Waals surface area contributed by atoms with E-state index in [0.717, 1.165) is 23.5 Å². The van der Waals surface area contributed by atoms with Gasteiger partial charge in [0.05, 0.1) is 0 Å². The zero-order valence-corrected chi connectivity index (χ0v) is 16.4. The van der Waals surface area contributed by atoms with E-state index >= 15 is 0 Å². The molecule has 0 unspecified atom stereocenters. The largest absolute Gasteiger partial charge is 0.489 e. The third-order valence-electron chi connectivity index (χ3n) is 5.09. The first kappa shape index (κ1) is 18.1. The number of rotatable bonds is 6. The second kappa shape index (κ2) is 8.18. The molecule has 0 atom stereocenters. The Balaban J connectivity index is 1.50. The zero-order chi connectivity index (χ0) is 19.3. The molecule has 28 heavy (non-hydrogen) atoms. The summed E-state index contributed by atoms with van der Waals surface area (Å²) < 4.78 is 6.23. The van der Waals surface area contributed by atoms with Crippen molar-refractivity contribution in [3.8, 4) is 5.75 Å². The fourth-order valence-corrected chi connectivity index (χ4v) is 3.57. The number of hydrogen-bond acceptors (Lipinski definition) is 2. The highest BCUT2D eigenvalue weighted by Gasteiger charge is 2.06. The van der Waals surface area contributed by atoms with Crippen LogP contribution in [0, 0.1) is 13.8 Å². The Morgan fingerprint density at radius 3 is 2.39 bits per heavy atom. The van der Waals surface area contributed by atoms with Gasteiger partial charge in [0.25, 0.3) is 0 Å². The number of nitrogens with one attached hydrogen (secondary N) is 1. The topological polar surface area (TPSA) is 21.3 Å². The van der Waals surface area contributed by atoms with Gasteiger partial charge in [-0.1, -0.05) is 78.4 Å². The van der Waals surface area contributed by atoms with Crippen LogP contribution >= 0.6 is 0 Å². The Bertz CT molecular complexity index is 1100. The van der Waals surface area contributed by atoms with E-state index in [1.165, 1.54) is 27.5 Å². The smallest absolute Gasteiger partial charge is 0.124 e. The number of para-hydroxylation sites is 1. The molecule has 0 saturated carbocycles. The minimum atomic E-state index is 0.557. The molecular weight excluding hydrogens is 342 g/mol. The van der Waals surface area contributed by atoms with Gasteiger partial charge in [0.15, 0.2) is 0 Å². The van der Waals surface area contributed by atoms with Gasteiger partial charge in [0, 0.05) is 17.8 Å². The molecule has 2 nitrogen and oxygen atoms in total. The van der Waals surface area contributed by atoms with Crippen molar-refractivity contribution in [1.29, 1.82) is 0 Å². The molecule has 0 fully saturated rings. The quantitative estimate of drug-likeness (QED) is 0.412. The molecule has 0 amide bonds. The Labute approximate surface area is 166 Å². The van der Waals surface area contributed by atoms with Gasteiger partial charge in [0.2, 0.25) is 0 Å². The maximum atomic E-state index is 6.23. The summed E-state index contributed by atoms with van der Waals surface area (Å²) in [7, 11) is 0. The number of hydrogen-bond donors (Lipinski definition) is 1. The third-order valence-corrected chi connectivity index (χ3v) is 5.09. The molecule has 0 aliphatic heterocycles. The molecule has 0 bridgehead atoms. The summed E-state index contributed by atoms with van der Waals surface area (Å²) in [6, 6.07) is 29.5. The molecule has 0 radical (unpaired) electrons. The standard InChI is InChI=1S/C26H25NO/c1-19-14-15-25(20(2)16-19)27-17-22-9-4-6-13-26(22)28-18-23-11-7-10-21-8-3-5-12-24(21)23/h3-16,27H,17-18H2,1-2H3. The van der Waals surface area contributed by atoms with Crippen molar-refractivity contribution in [3.05, 3.63) is 107 Å². The second-order valence-electron chi connectivity index (χ2n) is 7.21. The summed E-state index contributed by atoms with van der Waals surface area (Å²) >= 11 is 0. The predicted octanol–water partition coefficient (Wildman–Crippen LogP) is 6.65. The van der Waals surface area contributed by atoms with E-state index in [4.69, 9.17) is 4.74 Å². The summed E-state index contributed by atoms with van der Waals surface area (Å²) in [5.41, 5.74) is 6.06. The first-order chi connectivity index (χ1) is 13.7. The van der Waals surface area contributed by atoms with Gasteiger partial charge in [-0.3, -0.25) is 0 Å². The van der Waals surface area contributed by atoms with Crippen LogP contribution in [-0.2, 0) is 13.2 Å². The monoisotopic (exact) mass is 367 g/mol. The average Bonchev–Trinajstić information content (AvgIpc) is 2.72. The van der Waals surface area contributed by atoms with E-state index in [1.54, 1.807) is 0 Å². The van der Waals surface area contributed by atoms with Gasteiger partial charge in [-0.25, -0.2) is 0 Å². The minimum absolute atomic E-state index is 0.557. The van der Waals surface area contributed by atoms with Crippen LogP contribution in [0.4, 0.5) is 5.69 Å². The molecule has 2 heteroatoms. The normalized spacial score (nSPS) is 10.8. The Morgan fingerprint density at radius 2 is 1.50 bits per heavy atom. The molecule has 1 N–H and O–H groups in total. The minimum Gasteiger partial charge on any atom is -0.489 e. The molecule has 140 valence electrons. The van der Waals surface area contributed by atoms with Crippen molar-refractivity contribution in [2.45, 2.75) is 27.0 Å². The molecular formula is C26H25NO. The highest BCUT2D eigenvalue weighted by Crippen LogP contribution is 2.24. The van der Waals surface area contributed by atoms with Crippen LogP contribution in [0.15, 0.2) is 84.9 Å². The van der Waals surface area contributed by atoms with E-state index in [0.29, 0.717) is 6.61 Å². The van der Waals surface area contributed by atoms with Gasteiger partial charge in [-0.2, -0.15) is 0 Å². The van der Waals surface area contributed by atoms with Crippen molar-refractivity contribution >= 4 is 16.5 Å². The van der Waals surface area contributed by atoms with Crippen LogP contribution < -0.4 is 10.1 Å². The van der Waals surface area contributed by atoms with Gasteiger partial charge in [0.1, 0.15) is 12.4 Å². The van der Waals surface area contributed by atoms with Crippen molar-refractivity contribution in [3.63, 3.8) is 0 Å². The molecule has 4 rings (SSSR count). The number of fused-ring (bicyclic) bond motifs is 1. The fraction of sp³-hybridized carbons (Fsp3) is 0.154. The lowest BCUT2D eigenvalue weighted by molar-refractivity contribution is 0.304. The van der Waals surface area contributed by atoms with Gasteiger partial charge in [-0.05, 0) is 47.9 Å². The lowest BCUT2D eigenvalue weighted by Gasteiger charge is -2.15. The van der Waals surface area contributed by atoms with Crippen molar-refractivity contribution < 1.29 is 4.74 Å². The van der Waals surface area contributed by atoms with Crippen LogP contribution in [0.25, 0.3) is 10.8 Å². The number of anilines is 1. The maximum Gasteiger partial charge on any atom is 0.124 e. The van der Waals surface area contributed by atoms with E-state index in [-0.39, 0.29) is 0 Å². The molecule has 0 aliphatic carbocycles. The molecule has 0 spiro atoms. The fourth-order valence-electron chi connectivity index (χ4n) is 3.57. The third kappa shape index (κ3) is 4.01. The number of aryl methyl sites for hydroxylation is 2. The molecule has 4 aromatic carbocycles. The molecule has 0 saturated heterocycles. The van der Waals surface area contributed by atoms with Gasteiger partial charge < -0.3 is 10.1 Å². The molecule has 4 aromatic rings. The maximum absolute atomic E-state index is 6.23. The first-order valence-corrected chi connectivity index (χ1v) is 9.69. The summed E-state index contributed by atoms with van der Waals surface area (Å²) in [4.78, 5) is 0. The van der Waals surface area contributed by atoms with Crippen molar-refractivity contribution in [1.82, 2.24) is 0 Å². The molecule has 0 aliphatic rings. The van der Waals surface area contributed by atoms with Gasteiger partial charge in [-0.15, -0.1) is 0 Å². The van der Waals surface area contributed by atoms with E-state index < -0.39 is 0 Å². The van der Waals surface area contributed by atoms with Crippen LogP contribution in [-0.4, -0.2) is 0 Å². The Kier molecular flexibility index (Phi) is 5.29. The Hall–Kier alpha value is -3.26. The highest BCUT2D eigenvalue weighted by atomic mass is 16.5.